The fourth-order valence-corrected chi connectivity index (χ4v) is 7.68. The standard InChI is InChI=1S/C32H39F9N6O4/c1-17-11-23-25(47(28-42-44-45(2)43-28)16-18-12-20(30(33,34)35)14-21(13-18)31(36,37)38)5-4-10-46(26(23)15-24(17)32(39,40)41)29(49)51-22-8-6-19(7-9-22)27(48)50-3/h11,15,18-22,25H,4-10,12-14,16H2,1-3H3/t18?,19?,20?,21?,22?,25-/m0/s1. The summed E-state index contributed by atoms with van der Waals surface area (Å²) in [5, 5.41) is 12.0. The Balaban J connectivity index is 1.52. The Morgan fingerprint density at radius 3 is 2.08 bits per heavy atom. The molecule has 5 rings (SSSR count). The van der Waals surface area contributed by atoms with Gasteiger partial charge in [-0.2, -0.15) is 44.3 Å². The number of aryl methyl sites for hydroxylation is 2. The van der Waals surface area contributed by atoms with Crippen LogP contribution in [-0.4, -0.2) is 70.9 Å². The van der Waals surface area contributed by atoms with E-state index in [1.54, 1.807) is 0 Å². The number of aromatic nitrogens is 4. The molecule has 284 valence electrons. The van der Waals surface area contributed by atoms with Gasteiger partial charge in [-0.25, -0.2) is 4.79 Å². The number of halogens is 9. The molecule has 0 saturated heterocycles. The van der Waals surface area contributed by atoms with Gasteiger partial charge in [-0.15, -0.1) is 5.10 Å². The SMILES string of the molecule is COC(=O)C1CCC(OC(=O)N2CCC[C@H](N(CC3CC(C(F)(F)F)CC(C(F)(F)F)C3)c3nnn(C)n3)c3cc(C)c(C(F)(F)F)cc32)CC1. The zero-order valence-corrected chi connectivity index (χ0v) is 28.1. The monoisotopic (exact) mass is 742 g/mol. The van der Waals surface area contributed by atoms with Gasteiger partial charge in [0.1, 0.15) is 6.10 Å². The molecule has 2 saturated carbocycles. The predicted octanol–water partition coefficient (Wildman–Crippen LogP) is 7.71. The van der Waals surface area contributed by atoms with Crippen molar-refractivity contribution in [2.75, 3.05) is 30.0 Å². The lowest BCUT2D eigenvalue weighted by atomic mass is 9.74. The van der Waals surface area contributed by atoms with Crippen LogP contribution in [0.25, 0.3) is 0 Å². The maximum absolute atomic E-state index is 14.3. The lowest BCUT2D eigenvalue weighted by Crippen LogP contribution is -2.43. The lowest BCUT2D eigenvalue weighted by molar-refractivity contribution is -0.228. The molecule has 2 fully saturated rings. The van der Waals surface area contributed by atoms with Crippen LogP contribution >= 0.6 is 0 Å². The molecule has 10 nitrogen and oxygen atoms in total. The maximum atomic E-state index is 14.3. The minimum atomic E-state index is -4.88. The Kier molecular flexibility index (Phi) is 11.1. The topological polar surface area (TPSA) is 103 Å². The van der Waals surface area contributed by atoms with Crippen LogP contribution in [0.15, 0.2) is 12.1 Å². The minimum absolute atomic E-state index is 0.0995. The number of benzene rings is 1. The van der Waals surface area contributed by atoms with Crippen molar-refractivity contribution in [2.45, 2.75) is 95.4 Å². The molecule has 0 radical (unpaired) electrons. The van der Waals surface area contributed by atoms with Gasteiger partial charge < -0.3 is 14.4 Å². The second-order valence-electron chi connectivity index (χ2n) is 13.7. The summed E-state index contributed by atoms with van der Waals surface area (Å²) >= 11 is 0. The molecule has 1 aromatic heterocycles. The first kappa shape index (κ1) is 38.4. The highest BCUT2D eigenvalue weighted by atomic mass is 19.4. The van der Waals surface area contributed by atoms with Crippen LogP contribution in [0.3, 0.4) is 0 Å². The molecule has 3 aliphatic rings. The number of anilines is 2. The van der Waals surface area contributed by atoms with E-state index >= 15 is 0 Å². The van der Waals surface area contributed by atoms with E-state index in [0.717, 1.165) is 15.8 Å². The Labute approximate surface area is 287 Å². The summed E-state index contributed by atoms with van der Waals surface area (Å²) in [6, 6.07) is 1.09. The zero-order chi connectivity index (χ0) is 37.5. The second-order valence-corrected chi connectivity index (χ2v) is 13.7. The van der Waals surface area contributed by atoms with Crippen LogP contribution in [0.1, 0.15) is 80.5 Å². The molecular formula is C32H39F9N6O4. The molecule has 2 aliphatic carbocycles. The highest BCUT2D eigenvalue weighted by Gasteiger charge is 2.52. The van der Waals surface area contributed by atoms with Gasteiger partial charge in [0, 0.05) is 13.1 Å². The average Bonchev–Trinajstić information content (AvgIpc) is 3.39. The van der Waals surface area contributed by atoms with E-state index in [2.05, 4.69) is 15.4 Å². The summed E-state index contributed by atoms with van der Waals surface area (Å²) in [5.74, 6) is -6.48. The predicted molar refractivity (Wildman–Crippen MR) is 162 cm³/mol. The molecule has 2 aromatic rings. The van der Waals surface area contributed by atoms with Crippen LogP contribution in [-0.2, 0) is 27.5 Å². The normalized spacial score (nSPS) is 26.2. The largest absolute Gasteiger partial charge is 0.469 e. The van der Waals surface area contributed by atoms with Crippen molar-refractivity contribution < 1.29 is 58.6 Å². The van der Waals surface area contributed by atoms with E-state index in [-0.39, 0.29) is 60.6 Å². The van der Waals surface area contributed by atoms with Crippen molar-refractivity contribution in [1.29, 1.82) is 0 Å². The Bertz CT molecular complexity index is 1530. The average molecular weight is 743 g/mol. The van der Waals surface area contributed by atoms with Crippen molar-refractivity contribution in [3.63, 3.8) is 0 Å². The van der Waals surface area contributed by atoms with E-state index in [0.29, 0.717) is 25.7 Å². The molecule has 19 heteroatoms. The Morgan fingerprint density at radius 2 is 1.55 bits per heavy atom. The molecule has 1 aromatic carbocycles. The fraction of sp³-hybridized carbons (Fsp3) is 0.719. The maximum Gasteiger partial charge on any atom is 0.416 e. The third-order valence-corrected chi connectivity index (χ3v) is 10.2. The number of ether oxygens (including phenoxy) is 2. The van der Waals surface area contributed by atoms with Crippen LogP contribution in [0.4, 0.5) is 55.9 Å². The van der Waals surface area contributed by atoms with Crippen LogP contribution in [0.2, 0.25) is 0 Å². The summed E-state index contributed by atoms with van der Waals surface area (Å²) in [4.78, 5) is 29.2. The third kappa shape index (κ3) is 8.81. The number of nitrogens with zero attached hydrogens (tertiary/aromatic N) is 6. The number of rotatable bonds is 6. The first-order valence-corrected chi connectivity index (χ1v) is 16.7. The number of tetrazole rings is 1. The third-order valence-electron chi connectivity index (χ3n) is 10.2. The number of amides is 1. The second kappa shape index (κ2) is 14.7. The van der Waals surface area contributed by atoms with Gasteiger partial charge in [0.2, 0.25) is 0 Å². The summed E-state index contributed by atoms with van der Waals surface area (Å²) < 4.78 is 137. The van der Waals surface area contributed by atoms with E-state index in [1.165, 1.54) is 32.0 Å². The molecule has 0 spiro atoms. The summed E-state index contributed by atoms with van der Waals surface area (Å²) in [6.45, 7) is 0.738. The highest BCUT2D eigenvalue weighted by molar-refractivity contribution is 5.89. The van der Waals surface area contributed by atoms with Gasteiger partial charge in [-0.3, -0.25) is 9.69 Å². The Morgan fingerprint density at radius 1 is 0.922 bits per heavy atom. The zero-order valence-electron chi connectivity index (χ0n) is 28.1. The van der Waals surface area contributed by atoms with E-state index in [4.69, 9.17) is 9.47 Å². The van der Waals surface area contributed by atoms with Crippen LogP contribution in [0, 0.1) is 30.6 Å². The van der Waals surface area contributed by atoms with Crippen LogP contribution in [0.5, 0.6) is 0 Å². The van der Waals surface area contributed by atoms with Gasteiger partial charge in [0.25, 0.3) is 5.95 Å². The van der Waals surface area contributed by atoms with Crippen molar-refractivity contribution in [1.82, 2.24) is 20.2 Å². The van der Waals surface area contributed by atoms with Gasteiger partial charge in [-0.05, 0) is 93.0 Å². The molecule has 0 bridgehead atoms. The lowest BCUT2D eigenvalue weighted by Gasteiger charge is -2.40. The first-order valence-electron chi connectivity index (χ1n) is 16.7. The van der Waals surface area contributed by atoms with E-state index in [1.807, 2.05) is 0 Å². The quantitative estimate of drug-likeness (QED) is 0.219. The minimum Gasteiger partial charge on any atom is -0.469 e. The van der Waals surface area contributed by atoms with Crippen molar-refractivity contribution in [3.05, 3.63) is 28.8 Å². The number of alkyl halides is 9. The summed E-state index contributed by atoms with van der Waals surface area (Å²) in [5.41, 5.74) is -1.23. The number of carbonyl (C=O) groups is 2. The molecule has 2 heterocycles. The molecule has 2 unspecified atom stereocenters. The molecule has 1 amide bonds. The summed E-state index contributed by atoms with van der Waals surface area (Å²) in [6.07, 6.45) is -16.7. The van der Waals surface area contributed by atoms with Crippen LogP contribution < -0.4 is 9.80 Å². The number of methoxy groups -OCH3 is 1. The molecule has 0 N–H and O–H groups in total. The molecular weight excluding hydrogens is 703 g/mol. The fourth-order valence-electron chi connectivity index (χ4n) is 7.68. The molecule has 1 aliphatic heterocycles. The van der Waals surface area contributed by atoms with Crippen molar-refractivity contribution in [2.24, 2.45) is 30.7 Å². The van der Waals surface area contributed by atoms with Gasteiger partial charge in [0.05, 0.1) is 49.2 Å². The summed E-state index contributed by atoms with van der Waals surface area (Å²) in [7, 11) is 2.68. The van der Waals surface area contributed by atoms with E-state index in [9.17, 15) is 49.1 Å². The van der Waals surface area contributed by atoms with Gasteiger partial charge in [0.15, 0.2) is 0 Å². The Hall–Kier alpha value is -3.80. The number of fused-ring (bicyclic) bond motifs is 1. The first-order chi connectivity index (χ1) is 23.8. The molecule has 51 heavy (non-hydrogen) atoms. The number of carbonyl (C=O) groups excluding carboxylic acids is 2. The number of hydrogen-bond donors (Lipinski definition) is 0. The number of esters is 1. The van der Waals surface area contributed by atoms with E-state index < -0.39 is 79.3 Å². The smallest absolute Gasteiger partial charge is 0.416 e. The van der Waals surface area contributed by atoms with Gasteiger partial charge in [-0.1, -0.05) is 11.2 Å². The van der Waals surface area contributed by atoms with Crippen molar-refractivity contribution >= 4 is 23.7 Å². The highest BCUT2D eigenvalue weighted by Crippen LogP contribution is 2.49. The van der Waals surface area contributed by atoms with Crippen molar-refractivity contribution in [3.8, 4) is 0 Å². The molecule has 3 atom stereocenters. The van der Waals surface area contributed by atoms with Gasteiger partial charge >= 0.3 is 30.6 Å². The number of hydrogen-bond acceptors (Lipinski definition) is 8.